The number of nitrogens with two attached hydrogens (primary N) is 1. The molecule has 0 radical (unpaired) electrons. The molecule has 2 aromatic heterocycles. The van der Waals surface area contributed by atoms with E-state index in [9.17, 15) is 22.8 Å². The van der Waals surface area contributed by atoms with E-state index in [-0.39, 0.29) is 34.9 Å². The van der Waals surface area contributed by atoms with E-state index in [1.54, 1.807) is 23.4 Å². The fourth-order valence-corrected chi connectivity index (χ4v) is 4.40. The number of halogens is 3. The van der Waals surface area contributed by atoms with Crippen molar-refractivity contribution in [2.24, 2.45) is 11.7 Å². The fourth-order valence-electron chi connectivity index (χ4n) is 3.60. The van der Waals surface area contributed by atoms with Gasteiger partial charge in [0, 0.05) is 37.2 Å². The Balaban J connectivity index is 1.60. The highest BCUT2D eigenvalue weighted by atomic mass is 32.2. The summed E-state index contributed by atoms with van der Waals surface area (Å²) in [5.41, 5.74) is 6.29. The van der Waals surface area contributed by atoms with Crippen LogP contribution in [-0.2, 0) is 10.5 Å². The van der Waals surface area contributed by atoms with Crippen LogP contribution in [0.25, 0.3) is 5.69 Å². The molecule has 3 heterocycles. The Hall–Kier alpha value is -3.68. The lowest BCUT2D eigenvalue weighted by Crippen LogP contribution is -2.42. The number of benzene rings is 1. The van der Waals surface area contributed by atoms with Gasteiger partial charge in [-0.3, -0.25) is 9.59 Å². The summed E-state index contributed by atoms with van der Waals surface area (Å²) in [6, 6.07) is 6.74. The SMILES string of the molecule is NC(=O)C1CCN(C(=O)c2nnn(-c3ccc(OC(F)(F)F)cc3)c2CSc2ncccn2)CC1. The Bertz CT molecular complexity index is 1180. The van der Waals surface area contributed by atoms with Crippen molar-refractivity contribution in [1.29, 1.82) is 0 Å². The zero-order valence-electron chi connectivity index (χ0n) is 18.2. The number of ether oxygens (including phenoxy) is 1. The molecule has 184 valence electrons. The molecule has 1 aliphatic heterocycles. The van der Waals surface area contributed by atoms with E-state index in [2.05, 4.69) is 25.0 Å². The molecule has 3 aromatic rings. The molecule has 2 amide bonds. The summed E-state index contributed by atoms with van der Waals surface area (Å²) in [6.07, 6.45) is -0.734. The first-order chi connectivity index (χ1) is 16.7. The molecule has 0 atom stereocenters. The average molecular weight is 507 g/mol. The van der Waals surface area contributed by atoms with Crippen molar-refractivity contribution < 1.29 is 27.5 Å². The number of thioether (sulfide) groups is 1. The topological polar surface area (TPSA) is 129 Å². The number of primary amides is 1. The lowest BCUT2D eigenvalue weighted by atomic mass is 9.96. The third-order valence-electron chi connectivity index (χ3n) is 5.35. The smallest absolute Gasteiger partial charge is 0.406 e. The monoisotopic (exact) mass is 507 g/mol. The highest BCUT2D eigenvalue weighted by molar-refractivity contribution is 7.98. The van der Waals surface area contributed by atoms with Crippen molar-refractivity contribution in [2.45, 2.75) is 30.1 Å². The van der Waals surface area contributed by atoms with Gasteiger partial charge in [0.15, 0.2) is 10.9 Å². The highest BCUT2D eigenvalue weighted by Gasteiger charge is 2.32. The van der Waals surface area contributed by atoms with Crippen LogP contribution in [0.4, 0.5) is 13.2 Å². The molecule has 0 saturated carbocycles. The van der Waals surface area contributed by atoms with Gasteiger partial charge in [0.25, 0.3) is 5.91 Å². The molecule has 35 heavy (non-hydrogen) atoms. The number of likely N-dealkylation sites (tertiary alicyclic amines) is 1. The van der Waals surface area contributed by atoms with Crippen molar-refractivity contribution >= 4 is 23.6 Å². The van der Waals surface area contributed by atoms with Gasteiger partial charge in [-0.05, 0) is 43.2 Å². The van der Waals surface area contributed by atoms with Crippen LogP contribution in [0.5, 0.6) is 5.75 Å². The summed E-state index contributed by atoms with van der Waals surface area (Å²) in [5.74, 6) is -1.20. The van der Waals surface area contributed by atoms with Crippen molar-refractivity contribution in [2.75, 3.05) is 13.1 Å². The highest BCUT2D eigenvalue weighted by Crippen LogP contribution is 2.27. The van der Waals surface area contributed by atoms with Crippen LogP contribution in [-0.4, -0.2) is 61.1 Å². The molecule has 0 aliphatic carbocycles. The number of carbonyl (C=O) groups is 2. The lowest BCUT2D eigenvalue weighted by Gasteiger charge is -2.30. The third-order valence-corrected chi connectivity index (χ3v) is 6.23. The van der Waals surface area contributed by atoms with Crippen molar-refractivity contribution in [3.8, 4) is 11.4 Å². The Morgan fingerprint density at radius 3 is 2.37 bits per heavy atom. The van der Waals surface area contributed by atoms with Crippen LogP contribution in [0.1, 0.15) is 29.0 Å². The van der Waals surface area contributed by atoms with Gasteiger partial charge in [-0.2, -0.15) is 0 Å². The maximum Gasteiger partial charge on any atom is 0.573 e. The molecule has 10 nitrogen and oxygen atoms in total. The van der Waals surface area contributed by atoms with E-state index in [1.165, 1.54) is 28.6 Å². The standard InChI is InChI=1S/C21H20F3N7O3S/c22-21(23,24)34-15-4-2-14(3-5-15)31-16(12-35-20-26-8-1-9-27-20)17(28-29-31)19(33)30-10-6-13(7-11-30)18(25)32/h1-5,8-9,13H,6-7,10-12H2,(H2,25,32). The zero-order chi connectivity index (χ0) is 25.0. The van der Waals surface area contributed by atoms with Gasteiger partial charge in [-0.25, -0.2) is 14.6 Å². The molecule has 0 bridgehead atoms. The van der Waals surface area contributed by atoms with Crippen LogP contribution < -0.4 is 10.5 Å². The van der Waals surface area contributed by atoms with Gasteiger partial charge < -0.3 is 15.4 Å². The Labute approximate surface area is 201 Å². The zero-order valence-corrected chi connectivity index (χ0v) is 19.0. The van der Waals surface area contributed by atoms with Crippen LogP contribution >= 0.6 is 11.8 Å². The van der Waals surface area contributed by atoms with Crippen LogP contribution in [0.3, 0.4) is 0 Å². The number of amides is 2. The fraction of sp³-hybridized carbons (Fsp3) is 0.333. The number of hydrogen-bond donors (Lipinski definition) is 1. The molecule has 1 saturated heterocycles. The van der Waals surface area contributed by atoms with Gasteiger partial charge >= 0.3 is 6.36 Å². The summed E-state index contributed by atoms with van der Waals surface area (Å²) in [4.78, 5) is 34.6. The largest absolute Gasteiger partial charge is 0.573 e. The number of hydrogen-bond acceptors (Lipinski definition) is 8. The summed E-state index contributed by atoms with van der Waals surface area (Å²) in [5, 5.41) is 8.64. The van der Waals surface area contributed by atoms with Crippen LogP contribution in [0.15, 0.2) is 47.9 Å². The first-order valence-corrected chi connectivity index (χ1v) is 11.5. The predicted octanol–water partition coefficient (Wildman–Crippen LogP) is 2.59. The molecule has 4 rings (SSSR count). The van der Waals surface area contributed by atoms with E-state index in [4.69, 9.17) is 5.73 Å². The number of carbonyl (C=O) groups excluding carboxylic acids is 2. The van der Waals surface area contributed by atoms with Crippen molar-refractivity contribution in [1.82, 2.24) is 29.9 Å². The average Bonchev–Trinajstić information content (AvgIpc) is 3.26. The summed E-state index contributed by atoms with van der Waals surface area (Å²) in [6.45, 7) is 0.689. The maximum atomic E-state index is 13.3. The predicted molar refractivity (Wildman–Crippen MR) is 117 cm³/mol. The van der Waals surface area contributed by atoms with Crippen molar-refractivity contribution in [3.63, 3.8) is 0 Å². The molecule has 1 aliphatic rings. The van der Waals surface area contributed by atoms with E-state index in [0.717, 1.165) is 12.1 Å². The maximum absolute atomic E-state index is 13.3. The van der Waals surface area contributed by atoms with Gasteiger partial charge in [-0.1, -0.05) is 17.0 Å². The van der Waals surface area contributed by atoms with E-state index < -0.39 is 6.36 Å². The lowest BCUT2D eigenvalue weighted by molar-refractivity contribution is -0.274. The molecule has 1 aromatic carbocycles. The second-order valence-electron chi connectivity index (χ2n) is 7.63. The summed E-state index contributed by atoms with van der Waals surface area (Å²) >= 11 is 1.25. The van der Waals surface area contributed by atoms with Crippen LogP contribution in [0, 0.1) is 5.92 Å². The van der Waals surface area contributed by atoms with Crippen molar-refractivity contribution in [3.05, 3.63) is 54.1 Å². The quantitative estimate of drug-likeness (QED) is 0.382. The van der Waals surface area contributed by atoms with E-state index in [1.807, 2.05) is 0 Å². The number of rotatable bonds is 7. The minimum atomic E-state index is -4.81. The first-order valence-electron chi connectivity index (χ1n) is 10.5. The number of alkyl halides is 3. The molecule has 1 fully saturated rings. The van der Waals surface area contributed by atoms with Gasteiger partial charge in [0.2, 0.25) is 5.91 Å². The Kier molecular flexibility index (Phi) is 7.19. The summed E-state index contributed by atoms with van der Waals surface area (Å²) in [7, 11) is 0. The van der Waals surface area contributed by atoms with E-state index in [0.29, 0.717) is 42.5 Å². The molecule has 2 N–H and O–H groups in total. The Morgan fingerprint density at radius 1 is 1.11 bits per heavy atom. The second-order valence-corrected chi connectivity index (χ2v) is 8.57. The summed E-state index contributed by atoms with van der Waals surface area (Å²) < 4.78 is 42.8. The van der Waals surface area contributed by atoms with Gasteiger partial charge in [0.1, 0.15) is 5.75 Å². The third kappa shape index (κ3) is 6.07. The van der Waals surface area contributed by atoms with Gasteiger partial charge in [-0.15, -0.1) is 18.3 Å². The number of aromatic nitrogens is 5. The molecule has 0 unspecified atom stereocenters. The second kappa shape index (κ2) is 10.3. The molecular formula is C21H20F3N7O3S. The molecule has 14 heteroatoms. The first kappa shape index (κ1) is 24.4. The van der Waals surface area contributed by atoms with Crippen LogP contribution in [0.2, 0.25) is 0 Å². The normalized spacial score (nSPS) is 14.7. The van der Waals surface area contributed by atoms with E-state index >= 15 is 0 Å². The number of nitrogens with zero attached hydrogens (tertiary/aromatic N) is 6. The minimum absolute atomic E-state index is 0.0987. The molecule has 0 spiro atoms. The minimum Gasteiger partial charge on any atom is -0.406 e. The Morgan fingerprint density at radius 2 is 1.77 bits per heavy atom. The number of piperidine rings is 1. The van der Waals surface area contributed by atoms with Gasteiger partial charge in [0.05, 0.1) is 11.4 Å². The molecular weight excluding hydrogens is 487 g/mol.